The van der Waals surface area contributed by atoms with E-state index in [-0.39, 0.29) is 6.10 Å². The molecule has 0 radical (unpaired) electrons. The lowest BCUT2D eigenvalue weighted by atomic mass is 10.1. The summed E-state index contributed by atoms with van der Waals surface area (Å²) < 4.78 is 12.2. The molecule has 0 aliphatic carbocycles. The highest BCUT2D eigenvalue weighted by Gasteiger charge is 2.17. The SMILES string of the molecule is CCC(CC)Oc1nc(C)nc(Oc2c(C)cc(C)cc2C)c1C. The summed E-state index contributed by atoms with van der Waals surface area (Å²) in [4.78, 5) is 8.94. The van der Waals surface area contributed by atoms with Gasteiger partial charge in [0.05, 0.1) is 11.7 Å². The van der Waals surface area contributed by atoms with Crippen molar-refractivity contribution in [1.29, 1.82) is 0 Å². The molecule has 1 aromatic carbocycles. The predicted octanol–water partition coefficient (Wildman–Crippen LogP) is 5.38. The van der Waals surface area contributed by atoms with Crippen LogP contribution in [-0.2, 0) is 0 Å². The average molecular weight is 328 g/mol. The maximum absolute atomic E-state index is 6.16. The third-order valence-corrected chi connectivity index (χ3v) is 4.16. The highest BCUT2D eigenvalue weighted by Crippen LogP contribution is 2.33. The number of hydrogen-bond acceptors (Lipinski definition) is 4. The Hall–Kier alpha value is -2.10. The van der Waals surface area contributed by atoms with Crippen molar-refractivity contribution in [3.63, 3.8) is 0 Å². The molecule has 0 atom stereocenters. The Balaban J connectivity index is 2.39. The van der Waals surface area contributed by atoms with E-state index in [1.807, 2.05) is 13.8 Å². The minimum atomic E-state index is 0.161. The molecule has 1 heterocycles. The number of nitrogens with zero attached hydrogens (tertiary/aromatic N) is 2. The first-order chi connectivity index (χ1) is 11.3. The van der Waals surface area contributed by atoms with E-state index in [0.29, 0.717) is 17.6 Å². The third kappa shape index (κ3) is 4.05. The maximum Gasteiger partial charge on any atom is 0.229 e. The molecule has 0 unspecified atom stereocenters. The van der Waals surface area contributed by atoms with E-state index >= 15 is 0 Å². The van der Waals surface area contributed by atoms with Gasteiger partial charge < -0.3 is 9.47 Å². The molecule has 0 aliphatic rings. The number of rotatable bonds is 6. The van der Waals surface area contributed by atoms with Gasteiger partial charge in [0, 0.05) is 0 Å². The van der Waals surface area contributed by atoms with E-state index in [1.165, 1.54) is 5.56 Å². The number of aromatic nitrogens is 2. The first-order valence-electron chi connectivity index (χ1n) is 8.63. The van der Waals surface area contributed by atoms with Gasteiger partial charge in [-0.15, -0.1) is 0 Å². The predicted molar refractivity (Wildman–Crippen MR) is 97.2 cm³/mol. The molecule has 0 spiro atoms. The normalized spacial score (nSPS) is 11.0. The van der Waals surface area contributed by atoms with E-state index in [9.17, 15) is 0 Å². The summed E-state index contributed by atoms with van der Waals surface area (Å²) in [5, 5.41) is 0. The van der Waals surface area contributed by atoms with E-state index < -0.39 is 0 Å². The van der Waals surface area contributed by atoms with Crippen molar-refractivity contribution in [3.8, 4) is 17.5 Å². The summed E-state index contributed by atoms with van der Waals surface area (Å²) in [6, 6.07) is 4.24. The largest absolute Gasteiger partial charge is 0.474 e. The van der Waals surface area contributed by atoms with Crippen molar-refractivity contribution >= 4 is 0 Å². The molecule has 0 N–H and O–H groups in total. The van der Waals surface area contributed by atoms with Gasteiger partial charge in [0.15, 0.2) is 0 Å². The number of ether oxygens (including phenoxy) is 2. The van der Waals surface area contributed by atoms with Crippen molar-refractivity contribution in [1.82, 2.24) is 9.97 Å². The Labute approximate surface area is 145 Å². The molecule has 2 rings (SSSR count). The standard InChI is InChI=1S/C20H28N2O2/c1-8-17(9-2)23-19-15(6)20(22-16(7)21-19)24-18-13(4)10-12(3)11-14(18)5/h10-11,17H,8-9H2,1-7H3. The Morgan fingerprint density at radius 2 is 1.42 bits per heavy atom. The average Bonchev–Trinajstić information content (AvgIpc) is 2.52. The van der Waals surface area contributed by atoms with Gasteiger partial charge in [-0.3, -0.25) is 0 Å². The first-order valence-corrected chi connectivity index (χ1v) is 8.63. The fraction of sp³-hybridized carbons (Fsp3) is 0.500. The van der Waals surface area contributed by atoms with Crippen LogP contribution in [0, 0.1) is 34.6 Å². The molecule has 0 saturated carbocycles. The van der Waals surface area contributed by atoms with Crippen molar-refractivity contribution in [2.45, 2.75) is 67.4 Å². The molecule has 0 amide bonds. The first kappa shape index (κ1) is 18.2. The van der Waals surface area contributed by atoms with E-state index in [4.69, 9.17) is 9.47 Å². The zero-order chi connectivity index (χ0) is 17.9. The zero-order valence-electron chi connectivity index (χ0n) is 15.9. The number of benzene rings is 1. The van der Waals surface area contributed by atoms with Crippen LogP contribution >= 0.6 is 0 Å². The van der Waals surface area contributed by atoms with Crippen LogP contribution in [0.5, 0.6) is 17.5 Å². The summed E-state index contributed by atoms with van der Waals surface area (Å²) >= 11 is 0. The highest BCUT2D eigenvalue weighted by atomic mass is 16.5. The van der Waals surface area contributed by atoms with Crippen molar-refractivity contribution < 1.29 is 9.47 Å². The van der Waals surface area contributed by atoms with E-state index in [1.54, 1.807) is 0 Å². The summed E-state index contributed by atoms with van der Waals surface area (Å²) in [5.74, 6) is 2.70. The molecule has 0 fully saturated rings. The van der Waals surface area contributed by atoms with Crippen LogP contribution in [0.3, 0.4) is 0 Å². The molecular weight excluding hydrogens is 300 g/mol. The highest BCUT2D eigenvalue weighted by molar-refractivity contribution is 5.46. The fourth-order valence-corrected chi connectivity index (χ4v) is 2.83. The summed E-state index contributed by atoms with van der Waals surface area (Å²) in [7, 11) is 0. The quantitative estimate of drug-likeness (QED) is 0.714. The zero-order valence-corrected chi connectivity index (χ0v) is 15.9. The van der Waals surface area contributed by atoms with E-state index in [2.05, 4.69) is 56.7 Å². The molecule has 130 valence electrons. The molecule has 0 saturated heterocycles. The van der Waals surface area contributed by atoms with Gasteiger partial charge in [-0.2, -0.15) is 9.97 Å². The number of hydrogen-bond donors (Lipinski definition) is 0. The molecule has 24 heavy (non-hydrogen) atoms. The van der Waals surface area contributed by atoms with Crippen molar-refractivity contribution in [2.24, 2.45) is 0 Å². The van der Waals surface area contributed by atoms with Gasteiger partial charge in [0.2, 0.25) is 11.8 Å². The molecule has 1 aromatic heterocycles. The Kier molecular flexibility index (Phi) is 5.81. The van der Waals surface area contributed by atoms with Crippen LogP contribution < -0.4 is 9.47 Å². The lowest BCUT2D eigenvalue weighted by molar-refractivity contribution is 0.182. The Morgan fingerprint density at radius 3 is 1.96 bits per heavy atom. The van der Waals surface area contributed by atoms with Gasteiger partial charge in [0.25, 0.3) is 0 Å². The topological polar surface area (TPSA) is 44.2 Å². The van der Waals surface area contributed by atoms with Gasteiger partial charge in [0.1, 0.15) is 11.6 Å². The summed E-state index contributed by atoms with van der Waals surface area (Å²) in [6.07, 6.45) is 2.06. The van der Waals surface area contributed by atoms with Crippen molar-refractivity contribution in [2.75, 3.05) is 0 Å². The van der Waals surface area contributed by atoms with Crippen LogP contribution in [0.4, 0.5) is 0 Å². The van der Waals surface area contributed by atoms with Gasteiger partial charge in [-0.25, -0.2) is 0 Å². The van der Waals surface area contributed by atoms with Crippen LogP contribution in [0.25, 0.3) is 0 Å². The smallest absolute Gasteiger partial charge is 0.229 e. The van der Waals surface area contributed by atoms with E-state index in [0.717, 1.165) is 35.3 Å². The molecule has 0 bridgehead atoms. The van der Waals surface area contributed by atoms with Crippen LogP contribution in [0.15, 0.2) is 12.1 Å². The fourth-order valence-electron chi connectivity index (χ4n) is 2.83. The molecule has 4 heteroatoms. The summed E-state index contributed by atoms with van der Waals surface area (Å²) in [5.41, 5.74) is 4.27. The molecule has 4 nitrogen and oxygen atoms in total. The molecule has 2 aromatic rings. The van der Waals surface area contributed by atoms with Crippen LogP contribution in [0.1, 0.15) is 54.8 Å². The second kappa shape index (κ2) is 7.65. The minimum absolute atomic E-state index is 0.161. The van der Waals surface area contributed by atoms with Gasteiger partial charge >= 0.3 is 0 Å². The Morgan fingerprint density at radius 1 is 0.875 bits per heavy atom. The van der Waals surface area contributed by atoms with Gasteiger partial charge in [-0.05, 0) is 58.6 Å². The van der Waals surface area contributed by atoms with Crippen LogP contribution in [0.2, 0.25) is 0 Å². The Bertz CT molecular complexity index is 699. The monoisotopic (exact) mass is 328 g/mol. The van der Waals surface area contributed by atoms with Crippen LogP contribution in [-0.4, -0.2) is 16.1 Å². The lowest BCUT2D eigenvalue weighted by Gasteiger charge is -2.19. The molecular formula is C20H28N2O2. The maximum atomic E-state index is 6.16. The third-order valence-electron chi connectivity index (χ3n) is 4.16. The minimum Gasteiger partial charge on any atom is -0.474 e. The molecule has 0 aliphatic heterocycles. The second-order valence-corrected chi connectivity index (χ2v) is 6.39. The lowest BCUT2D eigenvalue weighted by Crippen LogP contribution is -2.16. The second-order valence-electron chi connectivity index (χ2n) is 6.39. The number of aryl methyl sites for hydroxylation is 4. The summed E-state index contributed by atoms with van der Waals surface area (Å²) in [6.45, 7) is 14.3. The van der Waals surface area contributed by atoms with Crippen molar-refractivity contribution in [3.05, 3.63) is 40.2 Å². The van der Waals surface area contributed by atoms with Gasteiger partial charge in [-0.1, -0.05) is 31.5 Å².